The monoisotopic (exact) mass is 275 g/mol. The normalized spacial score (nSPS) is 36.5. The van der Waals surface area contributed by atoms with Gasteiger partial charge in [0.05, 0.1) is 12.2 Å². The maximum atomic E-state index is 11.2. The summed E-state index contributed by atoms with van der Waals surface area (Å²) in [6.07, 6.45) is 4.80. The third-order valence-corrected chi connectivity index (χ3v) is 5.55. The number of benzene rings is 1. The Kier molecular flexibility index (Phi) is 3.51. The molecule has 3 N–H and O–H groups in total. The van der Waals surface area contributed by atoms with E-state index in [4.69, 9.17) is 10.5 Å². The molecule has 110 valence electrons. The first-order valence-electron chi connectivity index (χ1n) is 7.76. The molecule has 3 unspecified atom stereocenters. The summed E-state index contributed by atoms with van der Waals surface area (Å²) >= 11 is 0. The first kappa shape index (κ1) is 13.9. The zero-order valence-electron chi connectivity index (χ0n) is 12.3. The van der Waals surface area contributed by atoms with Gasteiger partial charge in [-0.3, -0.25) is 0 Å². The third-order valence-electron chi connectivity index (χ3n) is 5.55. The Morgan fingerprint density at radius 2 is 2.20 bits per heavy atom. The second-order valence-corrected chi connectivity index (χ2v) is 6.61. The fourth-order valence-corrected chi connectivity index (χ4v) is 4.00. The molecule has 0 bridgehead atoms. The molecule has 3 nitrogen and oxygen atoms in total. The Balaban J connectivity index is 1.90. The summed E-state index contributed by atoms with van der Waals surface area (Å²) in [6.45, 7) is 3.22. The lowest BCUT2D eigenvalue weighted by Crippen LogP contribution is -2.57. The van der Waals surface area contributed by atoms with Crippen molar-refractivity contribution in [3.63, 3.8) is 0 Å². The van der Waals surface area contributed by atoms with Gasteiger partial charge in [-0.15, -0.1) is 0 Å². The van der Waals surface area contributed by atoms with Crippen LogP contribution in [-0.4, -0.2) is 23.9 Å². The average Bonchev–Trinajstić information content (AvgIpc) is 2.90. The maximum Gasteiger partial charge on any atom is 0.122 e. The molecule has 3 atom stereocenters. The average molecular weight is 275 g/mol. The van der Waals surface area contributed by atoms with Gasteiger partial charge >= 0.3 is 0 Å². The second kappa shape index (κ2) is 5.05. The molecule has 0 radical (unpaired) electrons. The van der Waals surface area contributed by atoms with E-state index in [1.165, 1.54) is 5.56 Å². The van der Waals surface area contributed by atoms with Crippen molar-refractivity contribution in [1.29, 1.82) is 0 Å². The standard InChI is InChI=1S/C17H25NO2/c1-2-13-7-8-17(19,9-13)16(11-18)10-14-5-3-4-6-15(14)20-12-16/h3-6,13,19H,2,7-12,18H2,1H3. The van der Waals surface area contributed by atoms with E-state index >= 15 is 0 Å². The van der Waals surface area contributed by atoms with Gasteiger partial charge in [0.15, 0.2) is 0 Å². The molecule has 3 heteroatoms. The Morgan fingerprint density at radius 3 is 2.90 bits per heavy atom. The van der Waals surface area contributed by atoms with Crippen LogP contribution in [0.1, 0.15) is 38.2 Å². The predicted molar refractivity (Wildman–Crippen MR) is 79.7 cm³/mol. The maximum absolute atomic E-state index is 11.2. The molecule has 20 heavy (non-hydrogen) atoms. The van der Waals surface area contributed by atoms with Crippen LogP contribution < -0.4 is 10.5 Å². The van der Waals surface area contributed by atoms with Crippen LogP contribution in [-0.2, 0) is 6.42 Å². The van der Waals surface area contributed by atoms with Gasteiger partial charge in [0, 0.05) is 12.0 Å². The zero-order valence-corrected chi connectivity index (χ0v) is 12.3. The summed E-state index contributed by atoms with van der Waals surface area (Å²) in [7, 11) is 0. The zero-order chi connectivity index (χ0) is 14.2. The van der Waals surface area contributed by atoms with E-state index in [1.807, 2.05) is 18.2 Å². The van der Waals surface area contributed by atoms with Crippen molar-refractivity contribution in [2.45, 2.75) is 44.6 Å². The molecule has 2 aliphatic rings. The van der Waals surface area contributed by atoms with Gasteiger partial charge in [-0.1, -0.05) is 31.5 Å². The van der Waals surface area contributed by atoms with Crippen LogP contribution in [0.5, 0.6) is 5.75 Å². The first-order chi connectivity index (χ1) is 9.62. The largest absolute Gasteiger partial charge is 0.493 e. The lowest BCUT2D eigenvalue weighted by Gasteiger charge is -2.47. The Hall–Kier alpha value is -1.06. The number of fused-ring (bicyclic) bond motifs is 1. The molecular formula is C17H25NO2. The summed E-state index contributed by atoms with van der Waals surface area (Å²) in [6, 6.07) is 8.12. The van der Waals surface area contributed by atoms with Gasteiger partial charge in [0.2, 0.25) is 0 Å². The molecule has 1 fully saturated rings. The van der Waals surface area contributed by atoms with Gasteiger partial charge in [-0.05, 0) is 43.2 Å². The van der Waals surface area contributed by atoms with Gasteiger partial charge < -0.3 is 15.6 Å². The number of aliphatic hydroxyl groups is 1. The summed E-state index contributed by atoms with van der Waals surface area (Å²) in [5, 5.41) is 11.2. The van der Waals surface area contributed by atoms with Gasteiger partial charge in [-0.25, -0.2) is 0 Å². The molecule has 1 heterocycles. The fraction of sp³-hybridized carbons (Fsp3) is 0.647. The number of para-hydroxylation sites is 1. The molecule has 1 aliphatic carbocycles. The summed E-state index contributed by atoms with van der Waals surface area (Å²) in [5.41, 5.74) is 6.29. The van der Waals surface area contributed by atoms with Crippen molar-refractivity contribution >= 4 is 0 Å². The number of rotatable bonds is 3. The minimum Gasteiger partial charge on any atom is -0.493 e. The number of hydrogen-bond acceptors (Lipinski definition) is 3. The van der Waals surface area contributed by atoms with Crippen molar-refractivity contribution < 1.29 is 9.84 Å². The van der Waals surface area contributed by atoms with Crippen molar-refractivity contribution in [2.24, 2.45) is 17.1 Å². The highest BCUT2D eigenvalue weighted by molar-refractivity contribution is 5.37. The summed E-state index contributed by atoms with van der Waals surface area (Å²) in [4.78, 5) is 0. The first-order valence-corrected chi connectivity index (χ1v) is 7.76. The molecule has 1 aliphatic heterocycles. The van der Waals surface area contributed by atoms with E-state index in [1.54, 1.807) is 0 Å². The van der Waals surface area contributed by atoms with Crippen LogP contribution >= 0.6 is 0 Å². The van der Waals surface area contributed by atoms with Crippen molar-refractivity contribution in [3.8, 4) is 5.75 Å². The lowest BCUT2D eigenvalue weighted by molar-refractivity contribution is -0.104. The molecule has 1 aromatic carbocycles. The highest BCUT2D eigenvalue weighted by Crippen LogP contribution is 2.50. The lowest BCUT2D eigenvalue weighted by atomic mass is 9.66. The van der Waals surface area contributed by atoms with E-state index in [-0.39, 0.29) is 5.41 Å². The van der Waals surface area contributed by atoms with Crippen LogP contribution in [0.2, 0.25) is 0 Å². The Morgan fingerprint density at radius 1 is 1.40 bits per heavy atom. The van der Waals surface area contributed by atoms with Crippen LogP contribution in [0.15, 0.2) is 24.3 Å². The predicted octanol–water partition coefficient (Wildman–Crippen LogP) is 2.51. The van der Waals surface area contributed by atoms with Crippen LogP contribution in [0.3, 0.4) is 0 Å². The SMILES string of the molecule is CCC1CCC(O)(C2(CN)COc3ccccc3C2)C1. The minimum absolute atomic E-state index is 0.328. The van der Waals surface area contributed by atoms with Crippen LogP contribution in [0, 0.1) is 11.3 Å². The quantitative estimate of drug-likeness (QED) is 0.891. The second-order valence-electron chi connectivity index (χ2n) is 6.61. The Bertz CT molecular complexity index is 490. The number of nitrogens with two attached hydrogens (primary N) is 1. The molecule has 0 aromatic heterocycles. The molecule has 0 amide bonds. The van der Waals surface area contributed by atoms with Crippen molar-refractivity contribution in [2.75, 3.05) is 13.2 Å². The molecule has 0 spiro atoms. The van der Waals surface area contributed by atoms with Crippen molar-refractivity contribution in [3.05, 3.63) is 29.8 Å². The topological polar surface area (TPSA) is 55.5 Å². The number of ether oxygens (including phenoxy) is 1. The fourth-order valence-electron chi connectivity index (χ4n) is 4.00. The van der Waals surface area contributed by atoms with E-state index in [0.29, 0.717) is 19.1 Å². The van der Waals surface area contributed by atoms with Crippen molar-refractivity contribution in [1.82, 2.24) is 0 Å². The van der Waals surface area contributed by atoms with Crippen LogP contribution in [0.4, 0.5) is 0 Å². The Labute approximate surface area is 121 Å². The number of hydrogen-bond donors (Lipinski definition) is 2. The molecule has 1 saturated carbocycles. The van der Waals surface area contributed by atoms with E-state index in [2.05, 4.69) is 13.0 Å². The van der Waals surface area contributed by atoms with E-state index in [9.17, 15) is 5.11 Å². The summed E-state index contributed by atoms with van der Waals surface area (Å²) < 4.78 is 5.94. The van der Waals surface area contributed by atoms with Gasteiger partial charge in [0.25, 0.3) is 0 Å². The van der Waals surface area contributed by atoms with Crippen LogP contribution in [0.25, 0.3) is 0 Å². The van der Waals surface area contributed by atoms with E-state index < -0.39 is 5.60 Å². The highest BCUT2D eigenvalue weighted by Gasteiger charge is 2.54. The highest BCUT2D eigenvalue weighted by atomic mass is 16.5. The van der Waals surface area contributed by atoms with Gasteiger partial charge in [0.1, 0.15) is 5.75 Å². The third kappa shape index (κ3) is 2.04. The molecule has 0 saturated heterocycles. The molecule has 1 aromatic rings. The van der Waals surface area contributed by atoms with Gasteiger partial charge in [-0.2, -0.15) is 0 Å². The molecule has 3 rings (SSSR count). The summed E-state index contributed by atoms with van der Waals surface area (Å²) in [5.74, 6) is 1.57. The van der Waals surface area contributed by atoms with E-state index in [0.717, 1.165) is 37.9 Å². The smallest absolute Gasteiger partial charge is 0.122 e. The molecular weight excluding hydrogens is 250 g/mol. The minimum atomic E-state index is -0.671.